The normalized spacial score (nSPS) is 12.9. The van der Waals surface area contributed by atoms with Crippen molar-refractivity contribution in [3.8, 4) is 11.4 Å². The average molecular weight is 550 g/mol. The third kappa shape index (κ3) is 5.33. The minimum absolute atomic E-state index is 0.170. The fraction of sp³-hybridized carbons (Fsp3) is 0.391. The number of carbonyl (C=O) groups excluding carboxylic acids is 2. The van der Waals surface area contributed by atoms with Gasteiger partial charge < -0.3 is 14.6 Å². The average Bonchev–Trinajstić information content (AvgIpc) is 3.39. The van der Waals surface area contributed by atoms with E-state index < -0.39 is 0 Å². The zero-order valence-corrected chi connectivity index (χ0v) is 21.7. The molecule has 0 bridgehead atoms. The zero-order valence-electron chi connectivity index (χ0n) is 18.5. The lowest BCUT2D eigenvalue weighted by Gasteiger charge is -2.12. The van der Waals surface area contributed by atoms with Gasteiger partial charge in [-0.2, -0.15) is 0 Å². The number of thioether (sulfide) groups is 1. The second kappa shape index (κ2) is 10.8. The summed E-state index contributed by atoms with van der Waals surface area (Å²) in [6.45, 7) is 4.81. The number of hydrogen-bond acceptors (Lipinski definition) is 7. The summed E-state index contributed by atoms with van der Waals surface area (Å²) in [5.41, 5.74) is 2.54. The summed E-state index contributed by atoms with van der Waals surface area (Å²) in [4.78, 5) is 26.6. The first-order chi connectivity index (χ1) is 16.0. The second-order valence-electron chi connectivity index (χ2n) is 7.53. The van der Waals surface area contributed by atoms with Crippen molar-refractivity contribution in [1.82, 2.24) is 14.8 Å². The van der Waals surface area contributed by atoms with E-state index in [1.165, 1.54) is 28.0 Å². The molecule has 174 valence electrons. The summed E-state index contributed by atoms with van der Waals surface area (Å²) in [6.07, 6.45) is 3.94. The smallest absolute Gasteiger partial charge is 0.341 e. The molecule has 1 aliphatic rings. The van der Waals surface area contributed by atoms with Crippen molar-refractivity contribution in [2.75, 3.05) is 17.7 Å². The van der Waals surface area contributed by atoms with E-state index in [9.17, 15) is 9.59 Å². The van der Waals surface area contributed by atoms with Crippen molar-refractivity contribution in [3.63, 3.8) is 0 Å². The van der Waals surface area contributed by atoms with Crippen molar-refractivity contribution >= 4 is 55.9 Å². The Bertz CT molecular complexity index is 1160. The predicted molar refractivity (Wildman–Crippen MR) is 135 cm³/mol. The summed E-state index contributed by atoms with van der Waals surface area (Å²) < 4.78 is 8.27. The molecule has 10 heteroatoms. The Kier molecular flexibility index (Phi) is 7.87. The monoisotopic (exact) mass is 548 g/mol. The molecule has 0 spiro atoms. The van der Waals surface area contributed by atoms with Crippen LogP contribution in [0.5, 0.6) is 0 Å². The summed E-state index contributed by atoms with van der Waals surface area (Å²) in [5.74, 6) is 0.400. The third-order valence-electron chi connectivity index (χ3n) is 5.37. The molecule has 0 saturated carbocycles. The number of aryl methyl sites for hydroxylation is 1. The molecule has 2 heterocycles. The minimum atomic E-state index is -0.357. The van der Waals surface area contributed by atoms with Crippen LogP contribution in [0, 0.1) is 0 Å². The first kappa shape index (κ1) is 24.0. The van der Waals surface area contributed by atoms with Crippen LogP contribution >= 0.6 is 39.0 Å². The number of anilines is 1. The lowest BCUT2D eigenvalue weighted by Crippen LogP contribution is -2.17. The highest BCUT2D eigenvalue weighted by atomic mass is 79.9. The number of rotatable bonds is 8. The molecule has 1 N–H and O–H groups in total. The first-order valence-electron chi connectivity index (χ1n) is 10.9. The first-order valence-corrected chi connectivity index (χ1v) is 13.5. The van der Waals surface area contributed by atoms with Crippen LogP contribution in [0.3, 0.4) is 0 Å². The van der Waals surface area contributed by atoms with Gasteiger partial charge in [0.05, 0.1) is 17.9 Å². The highest BCUT2D eigenvalue weighted by Gasteiger charge is 2.27. The van der Waals surface area contributed by atoms with Gasteiger partial charge in [-0.25, -0.2) is 4.79 Å². The van der Waals surface area contributed by atoms with E-state index in [0.717, 1.165) is 47.1 Å². The van der Waals surface area contributed by atoms with Crippen LogP contribution < -0.4 is 5.32 Å². The molecular weight excluding hydrogens is 524 g/mol. The fourth-order valence-electron chi connectivity index (χ4n) is 3.86. The lowest BCUT2D eigenvalue weighted by molar-refractivity contribution is -0.113. The van der Waals surface area contributed by atoms with Crippen LogP contribution in [0.2, 0.25) is 0 Å². The van der Waals surface area contributed by atoms with Gasteiger partial charge in [-0.15, -0.1) is 21.5 Å². The molecule has 0 aliphatic heterocycles. The molecule has 3 aromatic rings. The molecule has 1 aliphatic carbocycles. The van der Waals surface area contributed by atoms with Crippen molar-refractivity contribution in [1.29, 1.82) is 0 Å². The molecule has 33 heavy (non-hydrogen) atoms. The molecule has 0 unspecified atom stereocenters. The maximum absolute atomic E-state index is 12.8. The molecular formula is C23H25BrN4O3S2. The van der Waals surface area contributed by atoms with Gasteiger partial charge in [0.15, 0.2) is 11.0 Å². The molecule has 2 aromatic heterocycles. The van der Waals surface area contributed by atoms with Gasteiger partial charge in [-0.1, -0.05) is 39.8 Å². The predicted octanol–water partition coefficient (Wildman–Crippen LogP) is 5.58. The number of nitrogens with one attached hydrogen (secondary N) is 1. The van der Waals surface area contributed by atoms with E-state index in [1.54, 1.807) is 6.92 Å². The van der Waals surface area contributed by atoms with Crippen LogP contribution in [0.1, 0.15) is 47.5 Å². The summed E-state index contributed by atoms with van der Waals surface area (Å²) >= 11 is 6.28. The van der Waals surface area contributed by atoms with Crippen molar-refractivity contribution in [2.24, 2.45) is 0 Å². The lowest BCUT2D eigenvalue weighted by atomic mass is 9.95. The van der Waals surface area contributed by atoms with Gasteiger partial charge in [0.2, 0.25) is 5.91 Å². The number of fused-ring (bicyclic) bond motifs is 1. The van der Waals surface area contributed by atoms with Crippen molar-refractivity contribution in [3.05, 3.63) is 44.7 Å². The largest absolute Gasteiger partial charge is 0.462 e. The van der Waals surface area contributed by atoms with Crippen LogP contribution in [-0.4, -0.2) is 39.0 Å². The maximum atomic E-state index is 12.8. The third-order valence-corrected chi connectivity index (χ3v) is 8.07. The molecule has 0 atom stereocenters. The van der Waals surface area contributed by atoms with E-state index in [2.05, 4.69) is 31.4 Å². The number of aromatic nitrogens is 3. The van der Waals surface area contributed by atoms with Gasteiger partial charge >= 0.3 is 5.97 Å². The zero-order chi connectivity index (χ0) is 23.4. The molecule has 0 radical (unpaired) electrons. The van der Waals surface area contributed by atoms with Gasteiger partial charge in [-0.05, 0) is 57.2 Å². The number of ether oxygens (including phenoxy) is 1. The van der Waals surface area contributed by atoms with E-state index in [-0.39, 0.29) is 17.6 Å². The Balaban J connectivity index is 1.48. The van der Waals surface area contributed by atoms with E-state index in [4.69, 9.17) is 4.74 Å². The Morgan fingerprint density at radius 2 is 1.94 bits per heavy atom. The molecule has 1 aromatic carbocycles. The number of amides is 1. The quantitative estimate of drug-likeness (QED) is 0.292. The minimum Gasteiger partial charge on any atom is -0.462 e. The van der Waals surface area contributed by atoms with E-state index in [1.807, 2.05) is 35.8 Å². The highest BCUT2D eigenvalue weighted by molar-refractivity contribution is 9.10. The van der Waals surface area contributed by atoms with Gasteiger partial charge in [0.25, 0.3) is 0 Å². The number of esters is 1. The molecule has 7 nitrogen and oxygen atoms in total. The Labute approximate surface area is 209 Å². The number of carbonyl (C=O) groups is 2. The Morgan fingerprint density at radius 1 is 1.18 bits per heavy atom. The number of thiophene rings is 1. The Morgan fingerprint density at radius 3 is 2.67 bits per heavy atom. The summed E-state index contributed by atoms with van der Waals surface area (Å²) in [6, 6.07) is 7.89. The van der Waals surface area contributed by atoms with Crippen LogP contribution in [-0.2, 0) is 28.9 Å². The van der Waals surface area contributed by atoms with Gasteiger partial charge in [-0.3, -0.25) is 4.79 Å². The number of halogens is 1. The topological polar surface area (TPSA) is 86.1 Å². The maximum Gasteiger partial charge on any atom is 0.341 e. The van der Waals surface area contributed by atoms with E-state index in [0.29, 0.717) is 28.9 Å². The van der Waals surface area contributed by atoms with Crippen LogP contribution in [0.4, 0.5) is 5.00 Å². The van der Waals surface area contributed by atoms with Crippen LogP contribution in [0.25, 0.3) is 11.4 Å². The second-order valence-corrected chi connectivity index (χ2v) is 10.5. The highest BCUT2D eigenvalue weighted by Crippen LogP contribution is 2.38. The van der Waals surface area contributed by atoms with Crippen LogP contribution in [0.15, 0.2) is 33.9 Å². The van der Waals surface area contributed by atoms with Gasteiger partial charge in [0.1, 0.15) is 5.00 Å². The molecule has 4 rings (SSSR count). The Hall–Kier alpha value is -2.17. The molecule has 0 saturated heterocycles. The number of benzene rings is 1. The SMILES string of the molecule is CCOC(=O)c1c(NC(=O)CSc2nnc(-c3ccc(Br)cc3)n2CC)sc2c1CCCC2. The van der Waals surface area contributed by atoms with Crippen molar-refractivity contribution in [2.45, 2.75) is 51.2 Å². The molecule has 1 amide bonds. The number of nitrogens with zero attached hydrogens (tertiary/aromatic N) is 3. The van der Waals surface area contributed by atoms with Gasteiger partial charge in [0, 0.05) is 21.5 Å². The fourth-order valence-corrected chi connectivity index (χ4v) is 6.22. The number of hydrogen-bond donors (Lipinski definition) is 1. The molecule has 0 fully saturated rings. The standard InChI is InChI=1S/C23H25BrN4O3S2/c1-3-28-20(14-9-11-15(24)12-10-14)26-27-23(28)32-13-18(29)25-21-19(22(30)31-4-2)16-7-5-6-8-17(16)33-21/h9-12H,3-8,13H2,1-2H3,(H,25,29). The summed E-state index contributed by atoms with van der Waals surface area (Å²) in [7, 11) is 0. The summed E-state index contributed by atoms with van der Waals surface area (Å²) in [5, 5.41) is 12.9. The van der Waals surface area contributed by atoms with Crippen molar-refractivity contribution < 1.29 is 14.3 Å². The van der Waals surface area contributed by atoms with E-state index >= 15 is 0 Å².